The molecule has 6 heteroatoms. The van der Waals surface area contributed by atoms with E-state index in [9.17, 15) is 18.3 Å². The molecule has 0 saturated carbocycles. The normalized spacial score (nSPS) is 11.5. The van der Waals surface area contributed by atoms with Gasteiger partial charge in [0, 0.05) is 0 Å². The Kier molecular flexibility index (Phi) is 3.14. The minimum absolute atomic E-state index is 0.806. The number of hydrogen-bond donors (Lipinski definition) is 1. The summed E-state index contributed by atoms with van der Waals surface area (Å²) in [5.74, 6) is -1.16. The predicted molar refractivity (Wildman–Crippen MR) is 24.6 cm³/mol. The standard InChI is InChI=1S/C4H6F3NO2/c5-4(6,7)2-10-1-3(8)9/h1-2H2,(H2,8,9)/p-1. The molecule has 0 aromatic heterocycles. The molecular formula is C4H5F3NO2-. The van der Waals surface area contributed by atoms with Crippen molar-refractivity contribution < 1.29 is 23.0 Å². The van der Waals surface area contributed by atoms with Crippen molar-refractivity contribution in [3.05, 3.63) is 0 Å². The second-order valence-corrected chi connectivity index (χ2v) is 1.53. The maximum Gasteiger partial charge on any atom is 0.411 e. The number of ether oxygens (including phenoxy) is 1. The van der Waals surface area contributed by atoms with Crippen LogP contribution in [-0.2, 0) is 4.74 Å². The van der Waals surface area contributed by atoms with Crippen LogP contribution in [0.5, 0.6) is 0 Å². The summed E-state index contributed by atoms with van der Waals surface area (Å²) in [5.41, 5.74) is 0. The minimum atomic E-state index is -4.42. The van der Waals surface area contributed by atoms with E-state index in [0.29, 0.717) is 0 Å². The summed E-state index contributed by atoms with van der Waals surface area (Å²) >= 11 is 0. The van der Waals surface area contributed by atoms with Crippen LogP contribution in [0.25, 0.3) is 0 Å². The first-order valence-electron chi connectivity index (χ1n) is 2.31. The second-order valence-electron chi connectivity index (χ2n) is 1.53. The van der Waals surface area contributed by atoms with Crippen molar-refractivity contribution in [1.82, 2.24) is 0 Å². The molecule has 0 aromatic rings. The fourth-order valence-corrected chi connectivity index (χ4v) is 0.259. The van der Waals surface area contributed by atoms with Gasteiger partial charge >= 0.3 is 6.18 Å². The van der Waals surface area contributed by atoms with Crippen molar-refractivity contribution in [2.75, 3.05) is 13.2 Å². The lowest BCUT2D eigenvalue weighted by molar-refractivity contribution is -0.230. The van der Waals surface area contributed by atoms with Crippen molar-refractivity contribution in [3.63, 3.8) is 0 Å². The first kappa shape index (κ1) is 9.22. The fourth-order valence-electron chi connectivity index (χ4n) is 0.259. The molecule has 0 fully saturated rings. The first-order chi connectivity index (χ1) is 4.42. The number of nitrogens with one attached hydrogen (secondary N) is 1. The highest BCUT2D eigenvalue weighted by Gasteiger charge is 2.27. The third kappa shape index (κ3) is 7.22. The van der Waals surface area contributed by atoms with Crippen LogP contribution in [0.15, 0.2) is 0 Å². The van der Waals surface area contributed by atoms with Crippen LogP contribution < -0.4 is 5.11 Å². The van der Waals surface area contributed by atoms with Crippen LogP contribution in [0, 0.1) is 5.41 Å². The van der Waals surface area contributed by atoms with E-state index in [1.54, 1.807) is 0 Å². The van der Waals surface area contributed by atoms with Crippen LogP contribution in [0.3, 0.4) is 0 Å². The molecule has 0 amide bonds. The third-order valence-corrected chi connectivity index (χ3v) is 0.499. The van der Waals surface area contributed by atoms with Gasteiger partial charge in [0.15, 0.2) is 0 Å². The van der Waals surface area contributed by atoms with E-state index < -0.39 is 25.3 Å². The molecule has 60 valence electrons. The van der Waals surface area contributed by atoms with Crippen LogP contribution in [0.4, 0.5) is 13.2 Å². The summed E-state index contributed by atoms with van der Waals surface area (Å²) < 4.78 is 37.4. The van der Waals surface area contributed by atoms with E-state index in [1.807, 2.05) is 0 Å². The van der Waals surface area contributed by atoms with Gasteiger partial charge in [-0.1, -0.05) is 0 Å². The molecular weight excluding hydrogens is 151 g/mol. The molecule has 0 heterocycles. The summed E-state index contributed by atoms with van der Waals surface area (Å²) in [6.45, 7) is -2.28. The summed E-state index contributed by atoms with van der Waals surface area (Å²) in [6, 6.07) is 0. The Balaban J connectivity index is 3.29. The molecule has 0 aliphatic rings. The molecule has 10 heavy (non-hydrogen) atoms. The van der Waals surface area contributed by atoms with Crippen LogP contribution >= 0.6 is 0 Å². The second kappa shape index (κ2) is 3.40. The number of alkyl halides is 3. The smallest absolute Gasteiger partial charge is 0.411 e. The van der Waals surface area contributed by atoms with Crippen LogP contribution in [0.2, 0.25) is 0 Å². The highest BCUT2D eigenvalue weighted by Crippen LogP contribution is 2.13. The highest BCUT2D eigenvalue weighted by atomic mass is 19.4. The van der Waals surface area contributed by atoms with Gasteiger partial charge in [0.25, 0.3) is 0 Å². The van der Waals surface area contributed by atoms with Gasteiger partial charge in [0.2, 0.25) is 0 Å². The van der Waals surface area contributed by atoms with Gasteiger partial charge in [0.05, 0.1) is 6.61 Å². The fraction of sp³-hybridized carbons (Fsp3) is 0.750. The van der Waals surface area contributed by atoms with Crippen molar-refractivity contribution in [3.8, 4) is 0 Å². The molecule has 1 N–H and O–H groups in total. The number of hydrogen-bond acceptors (Lipinski definition) is 3. The topological polar surface area (TPSA) is 56.1 Å². The Morgan fingerprint density at radius 3 is 2.30 bits per heavy atom. The van der Waals surface area contributed by atoms with Gasteiger partial charge in [-0.2, -0.15) is 13.2 Å². The molecule has 0 aliphatic carbocycles. The van der Waals surface area contributed by atoms with Crippen LogP contribution in [-0.4, -0.2) is 25.3 Å². The van der Waals surface area contributed by atoms with Crippen molar-refractivity contribution >= 4 is 5.90 Å². The Morgan fingerprint density at radius 1 is 1.50 bits per heavy atom. The quantitative estimate of drug-likeness (QED) is 0.458. The molecule has 0 aromatic carbocycles. The summed E-state index contributed by atoms with van der Waals surface area (Å²) in [7, 11) is 0. The average molecular weight is 156 g/mol. The predicted octanol–water partition coefficient (Wildman–Crippen LogP) is -0.0971. The lowest BCUT2D eigenvalue weighted by Crippen LogP contribution is -2.26. The Bertz CT molecular complexity index is 122. The monoisotopic (exact) mass is 156 g/mol. The van der Waals surface area contributed by atoms with E-state index in [1.165, 1.54) is 0 Å². The molecule has 0 bridgehead atoms. The van der Waals surface area contributed by atoms with E-state index in [-0.39, 0.29) is 0 Å². The molecule has 0 saturated heterocycles. The maximum absolute atomic E-state index is 11.2. The zero-order chi connectivity index (χ0) is 8.20. The molecule has 0 rings (SSSR count). The molecule has 0 spiro atoms. The van der Waals surface area contributed by atoms with E-state index >= 15 is 0 Å². The van der Waals surface area contributed by atoms with E-state index in [0.717, 1.165) is 0 Å². The average Bonchev–Trinajstić information content (AvgIpc) is 1.59. The van der Waals surface area contributed by atoms with Gasteiger partial charge in [-0.3, -0.25) is 0 Å². The highest BCUT2D eigenvalue weighted by molar-refractivity contribution is 5.68. The maximum atomic E-state index is 11.2. The third-order valence-electron chi connectivity index (χ3n) is 0.499. The molecule has 3 nitrogen and oxygen atoms in total. The van der Waals surface area contributed by atoms with Crippen molar-refractivity contribution in [1.29, 1.82) is 5.41 Å². The zero-order valence-corrected chi connectivity index (χ0v) is 4.86. The van der Waals surface area contributed by atoms with Gasteiger partial charge in [-0.25, -0.2) is 0 Å². The summed E-state index contributed by atoms with van der Waals surface area (Å²) in [6.07, 6.45) is -4.42. The summed E-state index contributed by atoms with van der Waals surface area (Å²) in [5, 5.41) is 15.9. The van der Waals surface area contributed by atoms with E-state index in [4.69, 9.17) is 5.41 Å². The largest absolute Gasteiger partial charge is 0.861 e. The number of halogens is 3. The number of rotatable bonds is 3. The zero-order valence-electron chi connectivity index (χ0n) is 4.86. The lowest BCUT2D eigenvalue weighted by Gasteiger charge is -2.09. The summed E-state index contributed by atoms with van der Waals surface area (Å²) in [4.78, 5) is 0. The molecule has 0 atom stereocenters. The molecule has 0 aliphatic heterocycles. The minimum Gasteiger partial charge on any atom is -0.861 e. The lowest BCUT2D eigenvalue weighted by atomic mass is 10.7. The Hall–Kier alpha value is -0.780. The van der Waals surface area contributed by atoms with E-state index in [2.05, 4.69) is 4.74 Å². The van der Waals surface area contributed by atoms with Crippen LogP contribution in [0.1, 0.15) is 0 Å². The van der Waals surface area contributed by atoms with Crippen molar-refractivity contribution in [2.24, 2.45) is 0 Å². The van der Waals surface area contributed by atoms with Gasteiger partial charge in [0.1, 0.15) is 6.61 Å². The molecule has 0 unspecified atom stereocenters. The molecule has 0 radical (unpaired) electrons. The Labute approximate surface area is 54.9 Å². The van der Waals surface area contributed by atoms with Gasteiger partial charge < -0.3 is 15.3 Å². The van der Waals surface area contributed by atoms with Crippen molar-refractivity contribution in [2.45, 2.75) is 6.18 Å². The van der Waals surface area contributed by atoms with Gasteiger partial charge in [-0.15, -0.1) is 0 Å². The first-order valence-corrected chi connectivity index (χ1v) is 2.31. The van der Waals surface area contributed by atoms with Gasteiger partial charge in [-0.05, 0) is 5.90 Å². The SMILES string of the molecule is N=C([O-])COCC(F)(F)F. The Morgan fingerprint density at radius 2 is 2.00 bits per heavy atom.